The molecule has 0 radical (unpaired) electrons. The van der Waals surface area contributed by atoms with Crippen LogP contribution in [0.2, 0.25) is 0 Å². The third-order valence-electron chi connectivity index (χ3n) is 3.68. The van der Waals surface area contributed by atoms with Crippen LogP contribution in [0.15, 0.2) is 40.9 Å². The van der Waals surface area contributed by atoms with E-state index in [0.717, 1.165) is 13.6 Å². The second kappa shape index (κ2) is 7.27. The molecule has 2 aromatic carbocycles. The zero-order chi connectivity index (χ0) is 16.4. The Morgan fingerprint density at radius 2 is 2.13 bits per heavy atom. The van der Waals surface area contributed by atoms with Crippen molar-refractivity contribution in [3.63, 3.8) is 0 Å². The van der Waals surface area contributed by atoms with Gasteiger partial charge in [-0.1, -0.05) is 12.1 Å². The molecule has 1 fully saturated rings. The van der Waals surface area contributed by atoms with E-state index in [1.165, 1.54) is 12.1 Å². The molecule has 0 bridgehead atoms. The summed E-state index contributed by atoms with van der Waals surface area (Å²) in [6.07, 6.45) is 0. The van der Waals surface area contributed by atoms with Crippen molar-refractivity contribution in [2.75, 3.05) is 19.8 Å². The molecule has 23 heavy (non-hydrogen) atoms. The summed E-state index contributed by atoms with van der Waals surface area (Å²) in [7, 11) is 0. The Hall–Kier alpha value is -0.990. The fourth-order valence-electron chi connectivity index (χ4n) is 2.26. The summed E-state index contributed by atoms with van der Waals surface area (Å²) in [4.78, 5) is 12.2. The van der Waals surface area contributed by atoms with E-state index in [-0.39, 0.29) is 23.9 Å². The SMILES string of the molecule is O=C(COc1cccc(Br)c1I)c1ccc(C2COC2)cc1F. The molecule has 3 nitrogen and oxygen atoms in total. The van der Waals surface area contributed by atoms with E-state index in [4.69, 9.17) is 9.47 Å². The van der Waals surface area contributed by atoms with Gasteiger partial charge in [0.1, 0.15) is 11.6 Å². The minimum absolute atomic E-state index is 0.0546. The van der Waals surface area contributed by atoms with Gasteiger partial charge in [0.25, 0.3) is 0 Å². The van der Waals surface area contributed by atoms with E-state index in [1.807, 2.05) is 12.1 Å². The first-order chi connectivity index (χ1) is 11.1. The van der Waals surface area contributed by atoms with Gasteiger partial charge in [-0.15, -0.1) is 0 Å². The number of hydrogen-bond acceptors (Lipinski definition) is 3. The van der Waals surface area contributed by atoms with Gasteiger partial charge in [0, 0.05) is 10.4 Å². The van der Waals surface area contributed by atoms with Crippen LogP contribution in [-0.2, 0) is 4.74 Å². The number of ether oxygens (including phenoxy) is 2. The first-order valence-corrected chi connectivity index (χ1v) is 8.90. The second-order valence-corrected chi connectivity index (χ2v) is 7.17. The number of Topliss-reactive ketones (excluding diaryl/α,β-unsaturated/α-hetero) is 1. The quantitative estimate of drug-likeness (QED) is 0.455. The molecule has 1 saturated heterocycles. The van der Waals surface area contributed by atoms with Gasteiger partial charge in [-0.25, -0.2) is 4.39 Å². The Morgan fingerprint density at radius 3 is 2.78 bits per heavy atom. The molecular weight excluding hydrogens is 478 g/mol. The number of hydrogen-bond donors (Lipinski definition) is 0. The Kier molecular flexibility index (Phi) is 5.33. The highest BCUT2D eigenvalue weighted by Gasteiger charge is 2.22. The van der Waals surface area contributed by atoms with Crippen molar-refractivity contribution in [3.8, 4) is 5.75 Å². The predicted octanol–water partition coefficient (Wildman–Crippen LogP) is 4.57. The van der Waals surface area contributed by atoms with Gasteiger partial charge >= 0.3 is 0 Å². The van der Waals surface area contributed by atoms with Gasteiger partial charge in [0.2, 0.25) is 5.78 Å². The van der Waals surface area contributed by atoms with Gasteiger partial charge in [-0.3, -0.25) is 4.79 Å². The molecule has 0 saturated carbocycles. The molecule has 1 aliphatic rings. The lowest BCUT2D eigenvalue weighted by molar-refractivity contribution is 0.00831. The molecule has 0 spiro atoms. The molecule has 0 aliphatic carbocycles. The summed E-state index contributed by atoms with van der Waals surface area (Å²) < 4.78 is 26.6. The van der Waals surface area contributed by atoms with E-state index in [0.29, 0.717) is 19.0 Å². The highest BCUT2D eigenvalue weighted by atomic mass is 127. The zero-order valence-electron chi connectivity index (χ0n) is 12.0. The number of carbonyl (C=O) groups excluding carboxylic acids is 1. The maximum Gasteiger partial charge on any atom is 0.203 e. The zero-order valence-corrected chi connectivity index (χ0v) is 15.8. The van der Waals surface area contributed by atoms with Crippen LogP contribution >= 0.6 is 38.5 Å². The smallest absolute Gasteiger partial charge is 0.203 e. The summed E-state index contributed by atoms with van der Waals surface area (Å²) in [5.41, 5.74) is 0.923. The van der Waals surface area contributed by atoms with Crippen LogP contribution < -0.4 is 4.74 Å². The van der Waals surface area contributed by atoms with E-state index >= 15 is 0 Å². The number of benzene rings is 2. The number of halogens is 3. The van der Waals surface area contributed by atoms with Crippen molar-refractivity contribution >= 4 is 44.3 Å². The Balaban J connectivity index is 1.69. The molecule has 0 aromatic heterocycles. The van der Waals surface area contributed by atoms with Gasteiger partial charge in [-0.05, 0) is 68.3 Å². The fraction of sp³-hybridized carbons (Fsp3) is 0.235. The number of ketones is 1. The molecule has 2 aromatic rings. The Morgan fingerprint density at radius 1 is 1.35 bits per heavy atom. The minimum atomic E-state index is -0.507. The molecule has 0 N–H and O–H groups in total. The van der Waals surface area contributed by atoms with E-state index in [2.05, 4.69) is 38.5 Å². The molecule has 0 amide bonds. The fourth-order valence-corrected chi connectivity index (χ4v) is 3.12. The van der Waals surface area contributed by atoms with Crippen molar-refractivity contribution in [2.24, 2.45) is 0 Å². The second-order valence-electron chi connectivity index (χ2n) is 5.24. The highest BCUT2D eigenvalue weighted by molar-refractivity contribution is 14.1. The van der Waals surface area contributed by atoms with Gasteiger partial charge in [0.05, 0.1) is 22.3 Å². The molecule has 3 rings (SSSR count). The molecule has 0 unspecified atom stereocenters. The minimum Gasteiger partial charge on any atom is -0.484 e. The average Bonchev–Trinajstić information content (AvgIpc) is 2.47. The first kappa shape index (κ1) is 16.9. The predicted molar refractivity (Wildman–Crippen MR) is 96.6 cm³/mol. The van der Waals surface area contributed by atoms with Crippen LogP contribution in [0.4, 0.5) is 4.39 Å². The number of rotatable bonds is 5. The molecule has 1 aliphatic heterocycles. The standard InChI is InChI=1S/C17H13BrFIO3/c18-13-2-1-3-16(17(13)20)23-9-15(21)12-5-4-10(6-14(12)19)11-7-22-8-11/h1-6,11H,7-9H2. The maximum absolute atomic E-state index is 14.2. The summed E-state index contributed by atoms with van der Waals surface area (Å²) >= 11 is 5.53. The van der Waals surface area contributed by atoms with Crippen molar-refractivity contribution in [3.05, 3.63) is 61.4 Å². The van der Waals surface area contributed by atoms with E-state index in [1.54, 1.807) is 12.1 Å². The van der Waals surface area contributed by atoms with Gasteiger partial charge in [0.15, 0.2) is 6.61 Å². The Labute approximate surface area is 155 Å². The van der Waals surface area contributed by atoms with E-state index in [9.17, 15) is 9.18 Å². The summed E-state index contributed by atoms with van der Waals surface area (Å²) in [5.74, 6) is -0.0632. The normalized spacial score (nSPS) is 14.4. The monoisotopic (exact) mass is 490 g/mol. The van der Waals surface area contributed by atoms with Crippen molar-refractivity contribution in [2.45, 2.75) is 5.92 Å². The molecule has 120 valence electrons. The summed E-state index contributed by atoms with van der Waals surface area (Å²) in [6.45, 7) is 1.02. The molecule has 1 heterocycles. The van der Waals surface area contributed by atoms with E-state index < -0.39 is 5.82 Å². The van der Waals surface area contributed by atoms with Crippen LogP contribution in [0.25, 0.3) is 0 Å². The van der Waals surface area contributed by atoms with Crippen LogP contribution in [0.5, 0.6) is 5.75 Å². The van der Waals surface area contributed by atoms with Crippen LogP contribution in [0.1, 0.15) is 21.8 Å². The lowest BCUT2D eigenvalue weighted by Crippen LogP contribution is -2.25. The van der Waals surface area contributed by atoms with Crippen molar-refractivity contribution in [1.29, 1.82) is 0 Å². The highest BCUT2D eigenvalue weighted by Crippen LogP contribution is 2.29. The van der Waals surface area contributed by atoms with Crippen molar-refractivity contribution < 1.29 is 18.7 Å². The van der Waals surface area contributed by atoms with Crippen LogP contribution in [-0.4, -0.2) is 25.6 Å². The number of carbonyl (C=O) groups is 1. The van der Waals surface area contributed by atoms with Crippen molar-refractivity contribution in [1.82, 2.24) is 0 Å². The van der Waals surface area contributed by atoms with Crippen LogP contribution in [0.3, 0.4) is 0 Å². The van der Waals surface area contributed by atoms with Gasteiger partial charge in [-0.2, -0.15) is 0 Å². The largest absolute Gasteiger partial charge is 0.484 e. The Bertz CT molecular complexity index is 747. The lowest BCUT2D eigenvalue weighted by atomic mass is 9.95. The average molecular weight is 491 g/mol. The van der Waals surface area contributed by atoms with Crippen LogP contribution in [0, 0.1) is 9.39 Å². The molecule has 0 atom stereocenters. The molecule has 6 heteroatoms. The maximum atomic E-state index is 14.2. The summed E-state index contributed by atoms with van der Waals surface area (Å²) in [6, 6.07) is 10.2. The first-order valence-electron chi connectivity index (χ1n) is 7.03. The lowest BCUT2D eigenvalue weighted by Gasteiger charge is -2.26. The third-order valence-corrected chi connectivity index (χ3v) is 6.19. The summed E-state index contributed by atoms with van der Waals surface area (Å²) in [5, 5.41) is 0. The topological polar surface area (TPSA) is 35.5 Å². The van der Waals surface area contributed by atoms with Gasteiger partial charge < -0.3 is 9.47 Å². The third kappa shape index (κ3) is 3.75. The molecular formula is C17H13BrFIO3.